The van der Waals surface area contributed by atoms with Crippen LogP contribution in [0.25, 0.3) is 0 Å². The van der Waals surface area contributed by atoms with Crippen molar-refractivity contribution in [2.75, 3.05) is 19.0 Å². The van der Waals surface area contributed by atoms with Crippen LogP contribution in [0.15, 0.2) is 0 Å². The van der Waals surface area contributed by atoms with Crippen LogP contribution in [-0.4, -0.2) is 19.0 Å². The standard InChI is InChI=1S/C8H19O2PS/c1-4-7-8-12-11(9-5-2)10-6-3/h4-8H2,1-3H3. The molecule has 12 heavy (non-hydrogen) atoms. The maximum Gasteiger partial charge on any atom is 0.238 e. The van der Waals surface area contributed by atoms with E-state index in [-0.39, 0.29) is 0 Å². The second-order valence-corrected chi connectivity index (χ2v) is 5.55. The predicted molar refractivity (Wildman–Crippen MR) is 57.5 cm³/mol. The lowest BCUT2D eigenvalue weighted by atomic mass is 10.4. The van der Waals surface area contributed by atoms with Crippen molar-refractivity contribution in [2.24, 2.45) is 0 Å². The van der Waals surface area contributed by atoms with Crippen molar-refractivity contribution >= 4 is 19.0 Å². The van der Waals surface area contributed by atoms with Gasteiger partial charge in [0, 0.05) is 5.75 Å². The van der Waals surface area contributed by atoms with Gasteiger partial charge in [-0.05, 0) is 20.3 Å². The summed E-state index contributed by atoms with van der Waals surface area (Å²) in [6, 6.07) is 0. The molecule has 0 aliphatic heterocycles. The van der Waals surface area contributed by atoms with Crippen molar-refractivity contribution in [3.8, 4) is 0 Å². The third-order valence-corrected chi connectivity index (χ3v) is 4.60. The van der Waals surface area contributed by atoms with Gasteiger partial charge in [0.15, 0.2) is 0 Å². The fourth-order valence-electron chi connectivity index (χ4n) is 0.606. The minimum Gasteiger partial charge on any atom is -0.326 e. The summed E-state index contributed by atoms with van der Waals surface area (Å²) in [5.74, 6) is 1.15. The maximum atomic E-state index is 5.43. The molecule has 0 saturated carbocycles. The average molecular weight is 210 g/mol. The highest BCUT2D eigenvalue weighted by molar-refractivity contribution is 8.52. The third kappa shape index (κ3) is 7.35. The van der Waals surface area contributed by atoms with Crippen LogP contribution in [-0.2, 0) is 9.05 Å². The molecule has 2 nitrogen and oxygen atoms in total. The molecule has 74 valence electrons. The van der Waals surface area contributed by atoms with Crippen LogP contribution in [0.5, 0.6) is 0 Å². The molecule has 0 amide bonds. The quantitative estimate of drug-likeness (QED) is 0.448. The van der Waals surface area contributed by atoms with Gasteiger partial charge in [0.2, 0.25) is 7.58 Å². The molecule has 0 heterocycles. The van der Waals surface area contributed by atoms with Crippen LogP contribution in [0.3, 0.4) is 0 Å². The molecule has 0 N–H and O–H groups in total. The first-order valence-electron chi connectivity index (χ1n) is 4.54. The van der Waals surface area contributed by atoms with Gasteiger partial charge in [-0.1, -0.05) is 24.7 Å². The molecular formula is C8H19O2PS. The highest BCUT2D eigenvalue weighted by atomic mass is 32.7. The maximum absolute atomic E-state index is 5.43. The molecule has 4 heteroatoms. The highest BCUT2D eigenvalue weighted by Gasteiger charge is 2.08. The monoisotopic (exact) mass is 210 g/mol. The summed E-state index contributed by atoms with van der Waals surface area (Å²) < 4.78 is 10.9. The van der Waals surface area contributed by atoms with Gasteiger partial charge in [-0.2, -0.15) is 0 Å². The average Bonchev–Trinajstić information content (AvgIpc) is 2.06. The van der Waals surface area contributed by atoms with Crippen molar-refractivity contribution in [3.05, 3.63) is 0 Å². The Hall–Kier alpha value is 0.700. The van der Waals surface area contributed by atoms with Gasteiger partial charge in [-0.3, -0.25) is 0 Å². The summed E-state index contributed by atoms with van der Waals surface area (Å²) >= 11 is 1.82. The Kier molecular flexibility index (Phi) is 10.4. The van der Waals surface area contributed by atoms with Crippen LogP contribution in [0.2, 0.25) is 0 Å². The van der Waals surface area contributed by atoms with Gasteiger partial charge in [0.05, 0.1) is 13.2 Å². The lowest BCUT2D eigenvalue weighted by molar-refractivity contribution is 0.283. The topological polar surface area (TPSA) is 18.5 Å². The molecule has 0 rings (SSSR count). The van der Waals surface area contributed by atoms with Gasteiger partial charge < -0.3 is 9.05 Å². The Balaban J connectivity index is 3.34. The van der Waals surface area contributed by atoms with E-state index in [4.69, 9.17) is 9.05 Å². The summed E-state index contributed by atoms with van der Waals surface area (Å²) in [5, 5.41) is 0. The molecule has 0 spiro atoms. The summed E-state index contributed by atoms with van der Waals surface area (Å²) in [4.78, 5) is 0. The van der Waals surface area contributed by atoms with E-state index in [0.29, 0.717) is 0 Å². The molecule has 0 aromatic carbocycles. The van der Waals surface area contributed by atoms with E-state index in [9.17, 15) is 0 Å². The Labute approximate surface area is 81.1 Å². The van der Waals surface area contributed by atoms with E-state index in [0.717, 1.165) is 19.0 Å². The number of rotatable bonds is 8. The third-order valence-electron chi connectivity index (χ3n) is 1.16. The van der Waals surface area contributed by atoms with E-state index in [1.54, 1.807) is 0 Å². The van der Waals surface area contributed by atoms with E-state index in [2.05, 4.69) is 6.92 Å². The van der Waals surface area contributed by atoms with Gasteiger partial charge >= 0.3 is 0 Å². The second-order valence-electron chi connectivity index (χ2n) is 2.25. The molecule has 0 radical (unpaired) electrons. The summed E-state index contributed by atoms with van der Waals surface area (Å²) in [6.45, 7) is 7.73. The molecule has 0 aromatic heterocycles. The van der Waals surface area contributed by atoms with Crippen LogP contribution in [0, 0.1) is 0 Å². The zero-order valence-electron chi connectivity index (χ0n) is 8.21. The van der Waals surface area contributed by atoms with E-state index in [1.807, 2.05) is 25.2 Å². The smallest absolute Gasteiger partial charge is 0.238 e. The van der Waals surface area contributed by atoms with Crippen molar-refractivity contribution < 1.29 is 9.05 Å². The highest BCUT2D eigenvalue weighted by Crippen LogP contribution is 2.51. The van der Waals surface area contributed by atoms with Gasteiger partial charge in [-0.15, -0.1) is 0 Å². The molecule has 0 aromatic rings. The van der Waals surface area contributed by atoms with Gasteiger partial charge in [-0.25, -0.2) is 0 Å². The van der Waals surface area contributed by atoms with E-state index < -0.39 is 7.58 Å². The largest absolute Gasteiger partial charge is 0.326 e. The first-order valence-corrected chi connectivity index (χ1v) is 7.30. The zero-order valence-corrected chi connectivity index (χ0v) is 9.92. The van der Waals surface area contributed by atoms with E-state index >= 15 is 0 Å². The van der Waals surface area contributed by atoms with Crippen LogP contribution < -0.4 is 0 Å². The minimum atomic E-state index is -0.656. The molecule has 0 atom stereocenters. The Morgan fingerprint density at radius 3 is 2.08 bits per heavy atom. The molecule has 0 aliphatic rings. The predicted octanol–water partition coefficient (Wildman–Crippen LogP) is 3.82. The van der Waals surface area contributed by atoms with Crippen molar-refractivity contribution in [1.29, 1.82) is 0 Å². The normalized spacial score (nSPS) is 11.0. The van der Waals surface area contributed by atoms with Crippen LogP contribution in [0.1, 0.15) is 33.6 Å². The number of hydrogen-bond donors (Lipinski definition) is 0. The SMILES string of the molecule is CCCCSP(OCC)OCC. The lowest BCUT2D eigenvalue weighted by Gasteiger charge is -2.13. The van der Waals surface area contributed by atoms with Gasteiger partial charge in [0.1, 0.15) is 0 Å². The lowest BCUT2D eigenvalue weighted by Crippen LogP contribution is -1.88. The molecule has 0 bridgehead atoms. The second kappa shape index (κ2) is 9.79. The summed E-state index contributed by atoms with van der Waals surface area (Å²) in [6.07, 6.45) is 2.50. The molecule has 0 aliphatic carbocycles. The first-order chi connectivity index (χ1) is 5.85. The molecule has 0 unspecified atom stereocenters. The minimum absolute atomic E-state index is 0.656. The summed E-state index contributed by atoms with van der Waals surface area (Å²) in [5.41, 5.74) is 0. The fraction of sp³-hybridized carbons (Fsp3) is 1.00. The Morgan fingerprint density at radius 2 is 1.67 bits per heavy atom. The number of unbranched alkanes of at least 4 members (excludes halogenated alkanes) is 1. The van der Waals surface area contributed by atoms with Crippen LogP contribution >= 0.6 is 19.0 Å². The molecular weight excluding hydrogens is 191 g/mol. The van der Waals surface area contributed by atoms with Crippen molar-refractivity contribution in [3.63, 3.8) is 0 Å². The summed E-state index contributed by atoms with van der Waals surface area (Å²) in [7, 11) is -0.656. The van der Waals surface area contributed by atoms with Crippen LogP contribution in [0.4, 0.5) is 0 Å². The number of hydrogen-bond acceptors (Lipinski definition) is 3. The van der Waals surface area contributed by atoms with Crippen molar-refractivity contribution in [1.82, 2.24) is 0 Å². The zero-order chi connectivity index (χ0) is 9.23. The first kappa shape index (κ1) is 12.7. The molecule has 0 saturated heterocycles. The van der Waals surface area contributed by atoms with E-state index in [1.165, 1.54) is 12.8 Å². The Bertz CT molecular complexity index is 87.1. The molecule has 0 fully saturated rings. The fourth-order valence-corrected chi connectivity index (χ4v) is 3.73. The Morgan fingerprint density at radius 1 is 1.08 bits per heavy atom. The van der Waals surface area contributed by atoms with Gasteiger partial charge in [0.25, 0.3) is 0 Å². The van der Waals surface area contributed by atoms with Crippen molar-refractivity contribution in [2.45, 2.75) is 33.6 Å².